The van der Waals surface area contributed by atoms with Gasteiger partial charge in [-0.25, -0.2) is 4.39 Å². The number of para-hydroxylation sites is 2. The van der Waals surface area contributed by atoms with E-state index in [4.69, 9.17) is 0 Å². The van der Waals surface area contributed by atoms with Crippen molar-refractivity contribution < 1.29 is 14.0 Å². The van der Waals surface area contributed by atoms with Crippen LogP contribution in [0.5, 0.6) is 0 Å². The Kier molecular flexibility index (Phi) is 3.46. The average Bonchev–Trinajstić information content (AvgIpc) is 2.61. The predicted molar refractivity (Wildman–Crippen MR) is 93.0 cm³/mol. The van der Waals surface area contributed by atoms with Crippen molar-refractivity contribution in [3.05, 3.63) is 66.1 Å². The lowest BCUT2D eigenvalue weighted by molar-refractivity contribution is -0.117. The molecule has 0 saturated heterocycles. The summed E-state index contributed by atoms with van der Waals surface area (Å²) >= 11 is 0. The van der Waals surface area contributed by atoms with Gasteiger partial charge < -0.3 is 5.32 Å². The summed E-state index contributed by atoms with van der Waals surface area (Å²) in [6.45, 7) is 1.66. The first kappa shape index (κ1) is 15.3. The number of rotatable bonds is 1. The topological polar surface area (TPSA) is 62.3 Å². The molecule has 0 radical (unpaired) electrons. The Balaban J connectivity index is 1.81. The van der Waals surface area contributed by atoms with Gasteiger partial charge in [0, 0.05) is 11.6 Å². The molecule has 0 fully saturated rings. The van der Waals surface area contributed by atoms with Crippen LogP contribution in [0.4, 0.5) is 15.8 Å². The number of fused-ring (bicyclic) bond motifs is 2. The molecule has 25 heavy (non-hydrogen) atoms. The minimum absolute atomic E-state index is 0.258. The molecular weight excluding hydrogens is 321 g/mol. The van der Waals surface area contributed by atoms with Crippen molar-refractivity contribution in [2.45, 2.75) is 13.0 Å². The fourth-order valence-corrected chi connectivity index (χ4v) is 3.00. The van der Waals surface area contributed by atoms with Crippen molar-refractivity contribution >= 4 is 34.1 Å². The molecule has 1 N–H and O–H groups in total. The van der Waals surface area contributed by atoms with Crippen LogP contribution < -0.4 is 10.2 Å². The van der Waals surface area contributed by atoms with Crippen LogP contribution >= 0.6 is 0 Å². The summed E-state index contributed by atoms with van der Waals surface area (Å²) in [5.41, 5.74) is 2.11. The lowest BCUT2D eigenvalue weighted by Gasteiger charge is -2.34. The van der Waals surface area contributed by atoms with Crippen molar-refractivity contribution in [1.82, 2.24) is 4.98 Å². The van der Waals surface area contributed by atoms with Gasteiger partial charge in [0.2, 0.25) is 5.91 Å². The molecule has 124 valence electrons. The number of benzene rings is 2. The summed E-state index contributed by atoms with van der Waals surface area (Å²) in [5, 5.41) is 3.32. The van der Waals surface area contributed by atoms with Gasteiger partial charge in [-0.05, 0) is 43.3 Å². The van der Waals surface area contributed by atoms with Gasteiger partial charge in [0.1, 0.15) is 11.9 Å². The van der Waals surface area contributed by atoms with Crippen LogP contribution in [0.1, 0.15) is 17.3 Å². The van der Waals surface area contributed by atoms with E-state index >= 15 is 0 Å². The van der Waals surface area contributed by atoms with Crippen molar-refractivity contribution in [2.24, 2.45) is 0 Å². The number of pyridine rings is 1. The van der Waals surface area contributed by atoms with Crippen molar-refractivity contribution in [3.8, 4) is 0 Å². The number of anilines is 2. The minimum atomic E-state index is -0.661. The zero-order valence-electron chi connectivity index (χ0n) is 13.4. The molecule has 0 saturated carbocycles. The molecule has 1 atom stereocenters. The first-order chi connectivity index (χ1) is 12.0. The third-order valence-electron chi connectivity index (χ3n) is 4.30. The average molecular weight is 335 g/mol. The molecule has 0 spiro atoms. The second kappa shape index (κ2) is 5.66. The molecule has 6 heteroatoms. The number of nitrogens with zero attached hydrogens (tertiary/aromatic N) is 2. The number of hydrogen-bond donors (Lipinski definition) is 1. The van der Waals surface area contributed by atoms with Crippen LogP contribution in [0.15, 0.2) is 54.7 Å². The molecule has 1 aromatic heterocycles. The van der Waals surface area contributed by atoms with E-state index < -0.39 is 11.9 Å². The molecule has 0 bridgehead atoms. The Bertz CT molecular complexity index is 1020. The zero-order chi connectivity index (χ0) is 17.6. The smallest absolute Gasteiger partial charge is 0.260 e. The van der Waals surface area contributed by atoms with E-state index in [9.17, 15) is 14.0 Å². The number of carbonyl (C=O) groups is 2. The molecular formula is C19H14FN3O2. The summed E-state index contributed by atoms with van der Waals surface area (Å²) in [7, 11) is 0. The second-order valence-electron chi connectivity index (χ2n) is 5.92. The monoisotopic (exact) mass is 335 g/mol. The zero-order valence-corrected chi connectivity index (χ0v) is 13.4. The first-order valence-electron chi connectivity index (χ1n) is 7.83. The Labute approximate surface area is 143 Å². The first-order valence-corrected chi connectivity index (χ1v) is 7.83. The van der Waals surface area contributed by atoms with Gasteiger partial charge in [-0.15, -0.1) is 0 Å². The fraction of sp³-hybridized carbons (Fsp3) is 0.105. The fourth-order valence-electron chi connectivity index (χ4n) is 3.00. The molecule has 3 aromatic rings. The van der Waals surface area contributed by atoms with E-state index in [1.165, 1.54) is 23.2 Å². The van der Waals surface area contributed by atoms with Crippen LogP contribution in [0.25, 0.3) is 10.9 Å². The van der Waals surface area contributed by atoms with Crippen molar-refractivity contribution in [3.63, 3.8) is 0 Å². The maximum atomic E-state index is 13.5. The summed E-state index contributed by atoms with van der Waals surface area (Å²) in [5.74, 6) is -1.00. The molecule has 1 aliphatic rings. The summed E-state index contributed by atoms with van der Waals surface area (Å²) < 4.78 is 13.5. The van der Waals surface area contributed by atoms with Gasteiger partial charge in [-0.3, -0.25) is 19.5 Å². The maximum Gasteiger partial charge on any atom is 0.260 e. The van der Waals surface area contributed by atoms with E-state index in [1.807, 2.05) is 0 Å². The Morgan fingerprint density at radius 1 is 1.20 bits per heavy atom. The van der Waals surface area contributed by atoms with Gasteiger partial charge in [0.25, 0.3) is 5.91 Å². The standard InChI is InChI=1S/C19H14FN3O2/c1-11-18(24)22-16-4-2-3-5-17(16)23(11)19(25)13-8-12-9-14(20)6-7-15(12)21-10-13/h2-11H,1H3,(H,22,24). The normalized spacial score (nSPS) is 16.5. The molecule has 2 aromatic carbocycles. The van der Waals surface area contributed by atoms with Gasteiger partial charge >= 0.3 is 0 Å². The molecule has 1 aliphatic heterocycles. The van der Waals surface area contributed by atoms with E-state index in [0.29, 0.717) is 27.8 Å². The van der Waals surface area contributed by atoms with Gasteiger partial charge in [0.15, 0.2) is 0 Å². The van der Waals surface area contributed by atoms with E-state index in [0.717, 1.165) is 0 Å². The second-order valence-corrected chi connectivity index (χ2v) is 5.92. The molecule has 0 aliphatic carbocycles. The SMILES string of the molecule is CC1C(=O)Nc2ccccc2N1C(=O)c1cnc2ccc(F)cc2c1. The molecule has 4 rings (SSSR count). The van der Waals surface area contributed by atoms with Gasteiger partial charge in [-0.2, -0.15) is 0 Å². The molecule has 1 unspecified atom stereocenters. The number of carbonyl (C=O) groups excluding carboxylic acids is 2. The highest BCUT2D eigenvalue weighted by Crippen LogP contribution is 2.33. The number of nitrogens with one attached hydrogen (secondary N) is 1. The van der Waals surface area contributed by atoms with Crippen LogP contribution in [-0.4, -0.2) is 22.8 Å². The Morgan fingerprint density at radius 3 is 2.84 bits per heavy atom. The van der Waals surface area contributed by atoms with Crippen LogP contribution in [-0.2, 0) is 4.79 Å². The van der Waals surface area contributed by atoms with E-state index in [1.54, 1.807) is 43.3 Å². The van der Waals surface area contributed by atoms with Gasteiger partial charge in [0.05, 0.1) is 22.5 Å². The van der Waals surface area contributed by atoms with Crippen molar-refractivity contribution in [1.29, 1.82) is 0 Å². The van der Waals surface area contributed by atoms with E-state index in [-0.39, 0.29) is 11.8 Å². The largest absolute Gasteiger partial charge is 0.322 e. The quantitative estimate of drug-likeness (QED) is 0.742. The summed E-state index contributed by atoms with van der Waals surface area (Å²) in [4.78, 5) is 30.9. The maximum absolute atomic E-state index is 13.5. The highest BCUT2D eigenvalue weighted by atomic mass is 19.1. The number of amides is 2. The highest BCUT2D eigenvalue weighted by molar-refractivity contribution is 6.16. The summed E-state index contributed by atoms with van der Waals surface area (Å²) in [6, 6.07) is 12.3. The van der Waals surface area contributed by atoms with Crippen LogP contribution in [0.3, 0.4) is 0 Å². The van der Waals surface area contributed by atoms with E-state index in [2.05, 4.69) is 10.3 Å². The lowest BCUT2D eigenvalue weighted by Crippen LogP contribution is -2.49. The predicted octanol–water partition coefficient (Wildman–Crippen LogP) is 3.36. The Hall–Kier alpha value is -3.28. The summed E-state index contributed by atoms with van der Waals surface area (Å²) in [6.07, 6.45) is 1.45. The molecule has 2 amide bonds. The number of halogens is 1. The van der Waals surface area contributed by atoms with Crippen molar-refractivity contribution in [2.75, 3.05) is 10.2 Å². The number of hydrogen-bond acceptors (Lipinski definition) is 3. The highest BCUT2D eigenvalue weighted by Gasteiger charge is 2.34. The minimum Gasteiger partial charge on any atom is -0.322 e. The third kappa shape index (κ3) is 2.52. The Morgan fingerprint density at radius 2 is 2.00 bits per heavy atom. The van der Waals surface area contributed by atoms with Crippen LogP contribution in [0.2, 0.25) is 0 Å². The lowest BCUT2D eigenvalue weighted by atomic mass is 10.1. The van der Waals surface area contributed by atoms with Gasteiger partial charge in [-0.1, -0.05) is 12.1 Å². The van der Waals surface area contributed by atoms with Crippen LogP contribution in [0, 0.1) is 5.82 Å². The number of aromatic nitrogens is 1. The molecule has 5 nitrogen and oxygen atoms in total. The third-order valence-corrected chi connectivity index (χ3v) is 4.30. The molecule has 2 heterocycles.